The Hall–Kier alpha value is -0.280. The minimum atomic E-state index is -0.708. The van der Waals surface area contributed by atoms with Gasteiger partial charge in [-0.15, -0.1) is 12.4 Å². The van der Waals surface area contributed by atoms with E-state index in [1.54, 1.807) is 6.92 Å². The molecule has 0 bridgehead atoms. The summed E-state index contributed by atoms with van der Waals surface area (Å²) < 4.78 is 0. The van der Waals surface area contributed by atoms with Gasteiger partial charge in [-0.05, 0) is 26.2 Å². The number of carboxylic acids is 1. The van der Waals surface area contributed by atoms with Crippen LogP contribution in [0.2, 0.25) is 0 Å². The molecule has 1 rings (SSSR count). The molecule has 1 saturated carbocycles. The van der Waals surface area contributed by atoms with Gasteiger partial charge < -0.3 is 10.8 Å². The Morgan fingerprint density at radius 3 is 2.45 bits per heavy atom. The van der Waals surface area contributed by atoms with Crippen LogP contribution in [-0.4, -0.2) is 17.1 Å². The highest BCUT2D eigenvalue weighted by Gasteiger charge is 2.39. The van der Waals surface area contributed by atoms with Gasteiger partial charge in [0.25, 0.3) is 0 Å². The number of hydrogen-bond donors (Lipinski definition) is 2. The lowest BCUT2D eigenvalue weighted by Gasteiger charge is -2.16. The number of aliphatic carboxylic acids is 1. The molecule has 1 aliphatic carbocycles. The number of rotatable bonds is 1. The van der Waals surface area contributed by atoms with Crippen molar-refractivity contribution in [2.75, 3.05) is 0 Å². The van der Waals surface area contributed by atoms with Crippen molar-refractivity contribution in [2.24, 2.45) is 11.1 Å². The summed E-state index contributed by atoms with van der Waals surface area (Å²) in [6.45, 7) is 1.77. The van der Waals surface area contributed by atoms with E-state index < -0.39 is 11.4 Å². The minimum absolute atomic E-state index is 0. The standard InChI is InChI=1S/C7H13NO2.ClH/c1-7(6(9)10)3-2-5(8)4-7;/h5H,2-4,8H2,1H3,(H,9,10);1H. The van der Waals surface area contributed by atoms with Gasteiger partial charge in [-0.3, -0.25) is 4.79 Å². The zero-order valence-corrected chi connectivity index (χ0v) is 7.36. The molecule has 0 saturated heterocycles. The summed E-state index contributed by atoms with van der Waals surface area (Å²) in [6.07, 6.45) is 2.20. The Kier molecular flexibility index (Phi) is 3.32. The number of carboxylic acid groups (broad SMARTS) is 1. The van der Waals surface area contributed by atoms with Gasteiger partial charge in [-0.1, -0.05) is 0 Å². The van der Waals surface area contributed by atoms with Crippen LogP contribution in [0.1, 0.15) is 26.2 Å². The van der Waals surface area contributed by atoms with Gasteiger partial charge in [-0.2, -0.15) is 0 Å². The highest BCUT2D eigenvalue weighted by atomic mass is 35.5. The summed E-state index contributed by atoms with van der Waals surface area (Å²) in [5.41, 5.74) is 5.04. The van der Waals surface area contributed by atoms with E-state index in [0.717, 1.165) is 12.8 Å². The highest BCUT2D eigenvalue weighted by molar-refractivity contribution is 5.85. The van der Waals surface area contributed by atoms with Crippen LogP contribution in [0, 0.1) is 5.41 Å². The van der Waals surface area contributed by atoms with E-state index in [2.05, 4.69) is 0 Å². The molecule has 2 unspecified atom stereocenters. The first-order chi connectivity index (χ1) is 4.54. The van der Waals surface area contributed by atoms with E-state index in [9.17, 15) is 4.79 Å². The first kappa shape index (κ1) is 10.7. The van der Waals surface area contributed by atoms with Crippen LogP contribution in [0.15, 0.2) is 0 Å². The topological polar surface area (TPSA) is 63.3 Å². The second-order valence-corrected chi connectivity index (χ2v) is 3.37. The molecule has 66 valence electrons. The fraction of sp³-hybridized carbons (Fsp3) is 0.857. The lowest BCUT2D eigenvalue weighted by atomic mass is 9.89. The third-order valence-corrected chi connectivity index (χ3v) is 2.30. The average Bonchev–Trinajstić information content (AvgIpc) is 2.13. The second kappa shape index (κ2) is 3.41. The molecule has 1 aliphatic rings. The van der Waals surface area contributed by atoms with E-state index in [1.807, 2.05) is 0 Å². The molecule has 0 aliphatic heterocycles. The smallest absolute Gasteiger partial charge is 0.309 e. The van der Waals surface area contributed by atoms with Crippen molar-refractivity contribution in [3.8, 4) is 0 Å². The van der Waals surface area contributed by atoms with Crippen LogP contribution in [0.3, 0.4) is 0 Å². The molecule has 0 amide bonds. The molecule has 0 radical (unpaired) electrons. The zero-order chi connectivity index (χ0) is 7.78. The molecule has 0 aromatic heterocycles. The molecule has 3 N–H and O–H groups in total. The number of halogens is 1. The predicted octanol–water partition coefficient (Wildman–Crippen LogP) is 1.01. The van der Waals surface area contributed by atoms with Crippen molar-refractivity contribution >= 4 is 18.4 Å². The lowest BCUT2D eigenvalue weighted by Crippen LogP contribution is -2.26. The van der Waals surface area contributed by atoms with Gasteiger partial charge in [0.2, 0.25) is 0 Å². The van der Waals surface area contributed by atoms with Gasteiger partial charge in [0, 0.05) is 6.04 Å². The molecule has 0 spiro atoms. The summed E-state index contributed by atoms with van der Waals surface area (Å²) in [5.74, 6) is -0.708. The maximum atomic E-state index is 10.6. The van der Waals surface area contributed by atoms with Crippen LogP contribution in [0.25, 0.3) is 0 Å². The van der Waals surface area contributed by atoms with Crippen LogP contribution < -0.4 is 5.73 Å². The molecule has 11 heavy (non-hydrogen) atoms. The summed E-state index contributed by atoms with van der Waals surface area (Å²) in [6, 6.07) is 0.0982. The van der Waals surface area contributed by atoms with Crippen molar-refractivity contribution < 1.29 is 9.90 Å². The Bertz CT molecular complexity index is 163. The molecular formula is C7H14ClNO2. The molecular weight excluding hydrogens is 166 g/mol. The Morgan fingerprint density at radius 2 is 2.27 bits per heavy atom. The number of hydrogen-bond acceptors (Lipinski definition) is 2. The van der Waals surface area contributed by atoms with Crippen molar-refractivity contribution in [1.29, 1.82) is 0 Å². The van der Waals surface area contributed by atoms with E-state index >= 15 is 0 Å². The first-order valence-corrected chi connectivity index (χ1v) is 3.53. The summed E-state index contributed by atoms with van der Waals surface area (Å²) in [4.78, 5) is 10.6. The van der Waals surface area contributed by atoms with Crippen LogP contribution >= 0.6 is 12.4 Å². The van der Waals surface area contributed by atoms with Gasteiger partial charge >= 0.3 is 5.97 Å². The Morgan fingerprint density at radius 1 is 1.73 bits per heavy atom. The Balaban J connectivity index is 0.000001000. The van der Waals surface area contributed by atoms with Crippen molar-refractivity contribution in [1.82, 2.24) is 0 Å². The van der Waals surface area contributed by atoms with Crippen LogP contribution in [0.4, 0.5) is 0 Å². The lowest BCUT2D eigenvalue weighted by molar-refractivity contribution is -0.147. The van der Waals surface area contributed by atoms with Crippen molar-refractivity contribution in [3.63, 3.8) is 0 Å². The maximum Gasteiger partial charge on any atom is 0.309 e. The van der Waals surface area contributed by atoms with E-state index in [4.69, 9.17) is 10.8 Å². The van der Waals surface area contributed by atoms with Gasteiger partial charge in [-0.25, -0.2) is 0 Å². The Labute approximate surface area is 72.4 Å². The fourth-order valence-electron chi connectivity index (χ4n) is 1.48. The van der Waals surface area contributed by atoms with Crippen LogP contribution in [-0.2, 0) is 4.79 Å². The third-order valence-electron chi connectivity index (χ3n) is 2.30. The van der Waals surface area contributed by atoms with Gasteiger partial charge in [0.05, 0.1) is 5.41 Å². The van der Waals surface area contributed by atoms with Crippen molar-refractivity contribution in [3.05, 3.63) is 0 Å². The largest absolute Gasteiger partial charge is 0.481 e. The van der Waals surface area contributed by atoms with E-state index in [-0.39, 0.29) is 18.4 Å². The number of carbonyl (C=O) groups is 1. The van der Waals surface area contributed by atoms with Gasteiger partial charge in [0.1, 0.15) is 0 Å². The molecule has 0 heterocycles. The zero-order valence-electron chi connectivity index (χ0n) is 6.54. The van der Waals surface area contributed by atoms with Crippen molar-refractivity contribution in [2.45, 2.75) is 32.2 Å². The SMILES string of the molecule is CC1(C(=O)O)CCC(N)C1.Cl. The third kappa shape index (κ3) is 2.07. The predicted molar refractivity (Wildman–Crippen MR) is 44.8 cm³/mol. The summed E-state index contributed by atoms with van der Waals surface area (Å²) in [5, 5.41) is 8.73. The fourth-order valence-corrected chi connectivity index (χ4v) is 1.48. The monoisotopic (exact) mass is 179 g/mol. The van der Waals surface area contributed by atoms with Gasteiger partial charge in [0.15, 0.2) is 0 Å². The molecule has 2 atom stereocenters. The maximum absolute atomic E-state index is 10.6. The van der Waals surface area contributed by atoms with E-state index in [0.29, 0.717) is 6.42 Å². The second-order valence-electron chi connectivity index (χ2n) is 3.37. The van der Waals surface area contributed by atoms with E-state index in [1.165, 1.54) is 0 Å². The summed E-state index contributed by atoms with van der Waals surface area (Å²) in [7, 11) is 0. The quantitative estimate of drug-likeness (QED) is 0.632. The average molecular weight is 180 g/mol. The number of nitrogens with two attached hydrogens (primary N) is 1. The molecule has 0 aromatic rings. The summed E-state index contributed by atoms with van der Waals surface area (Å²) >= 11 is 0. The molecule has 3 nitrogen and oxygen atoms in total. The first-order valence-electron chi connectivity index (χ1n) is 3.53. The molecule has 1 fully saturated rings. The molecule has 4 heteroatoms. The normalized spacial score (nSPS) is 36.4. The van der Waals surface area contributed by atoms with Crippen LogP contribution in [0.5, 0.6) is 0 Å². The minimum Gasteiger partial charge on any atom is -0.481 e. The highest BCUT2D eigenvalue weighted by Crippen LogP contribution is 2.36. The molecule has 0 aromatic carbocycles.